The molecule has 1 atom stereocenters. The van der Waals surface area contributed by atoms with E-state index in [0.717, 1.165) is 36.1 Å². The van der Waals surface area contributed by atoms with Gasteiger partial charge in [0.1, 0.15) is 0 Å². The van der Waals surface area contributed by atoms with Crippen LogP contribution in [-0.2, 0) is 6.54 Å². The second-order valence-electron chi connectivity index (χ2n) is 7.75. The molecule has 0 spiro atoms. The van der Waals surface area contributed by atoms with E-state index in [1.54, 1.807) is 12.1 Å². The van der Waals surface area contributed by atoms with Crippen LogP contribution in [0.25, 0.3) is 0 Å². The van der Waals surface area contributed by atoms with Crippen LogP contribution >= 0.6 is 11.8 Å². The first kappa shape index (κ1) is 22.0. The first-order chi connectivity index (χ1) is 15.7. The van der Waals surface area contributed by atoms with E-state index >= 15 is 0 Å². The number of carbonyl (C=O) groups excluding carboxylic acids is 1. The quantitative estimate of drug-likeness (QED) is 0.311. The van der Waals surface area contributed by atoms with Gasteiger partial charge < -0.3 is 20.0 Å². The van der Waals surface area contributed by atoms with Gasteiger partial charge in [-0.2, -0.15) is 0 Å². The molecule has 2 aromatic carbocycles. The third-order valence-electron chi connectivity index (χ3n) is 5.43. The standard InChI is InChI=1S/C25H28N4O2S/c1-26-25(29-14-13-20(17-29)18-32-22-6-3-2-4-7-22)27-16-19-9-11-21(12-10-19)28-24(30)23-8-5-15-31-23/h2-12,15,20H,13-14,16-18H2,1H3,(H,26,27)(H,28,30). The predicted molar refractivity (Wildman–Crippen MR) is 130 cm³/mol. The first-order valence-corrected chi connectivity index (χ1v) is 11.8. The summed E-state index contributed by atoms with van der Waals surface area (Å²) in [5, 5.41) is 6.31. The van der Waals surface area contributed by atoms with Gasteiger partial charge in [-0.15, -0.1) is 11.8 Å². The van der Waals surface area contributed by atoms with Gasteiger partial charge in [-0.25, -0.2) is 0 Å². The Hall–Kier alpha value is -3.19. The lowest BCUT2D eigenvalue weighted by Crippen LogP contribution is -2.39. The molecule has 1 unspecified atom stereocenters. The average Bonchev–Trinajstić information content (AvgIpc) is 3.53. The van der Waals surface area contributed by atoms with Crippen LogP contribution in [-0.4, -0.2) is 42.7 Å². The summed E-state index contributed by atoms with van der Waals surface area (Å²) in [6, 6.07) is 21.7. The van der Waals surface area contributed by atoms with Gasteiger partial charge in [-0.1, -0.05) is 30.3 Å². The summed E-state index contributed by atoms with van der Waals surface area (Å²) in [7, 11) is 1.83. The van der Waals surface area contributed by atoms with Crippen LogP contribution in [0.5, 0.6) is 0 Å². The Bertz CT molecular complexity index is 1020. The minimum Gasteiger partial charge on any atom is -0.459 e. The van der Waals surface area contributed by atoms with Crippen molar-refractivity contribution in [3.8, 4) is 0 Å². The molecule has 0 saturated carbocycles. The summed E-state index contributed by atoms with van der Waals surface area (Å²) in [6.07, 6.45) is 2.67. The maximum Gasteiger partial charge on any atom is 0.291 e. The Morgan fingerprint density at radius 2 is 1.94 bits per heavy atom. The van der Waals surface area contributed by atoms with Crippen molar-refractivity contribution in [2.45, 2.75) is 17.9 Å². The fourth-order valence-corrected chi connectivity index (χ4v) is 4.76. The van der Waals surface area contributed by atoms with Crippen LogP contribution in [0.3, 0.4) is 0 Å². The number of nitrogens with zero attached hydrogens (tertiary/aromatic N) is 2. The van der Waals surface area contributed by atoms with Crippen molar-refractivity contribution in [3.05, 3.63) is 84.3 Å². The van der Waals surface area contributed by atoms with Crippen molar-refractivity contribution >= 4 is 29.3 Å². The van der Waals surface area contributed by atoms with Crippen LogP contribution < -0.4 is 10.6 Å². The lowest BCUT2D eigenvalue weighted by atomic mass is 10.2. The number of hydrogen-bond donors (Lipinski definition) is 2. The Balaban J connectivity index is 1.23. The molecule has 6 nitrogen and oxygen atoms in total. The predicted octanol–water partition coefficient (Wildman–Crippen LogP) is 4.72. The zero-order chi connectivity index (χ0) is 22.2. The topological polar surface area (TPSA) is 69.9 Å². The van der Waals surface area contributed by atoms with Crippen LogP contribution in [0.1, 0.15) is 22.5 Å². The molecular weight excluding hydrogens is 420 g/mol. The van der Waals surface area contributed by atoms with Gasteiger partial charge >= 0.3 is 0 Å². The molecule has 0 radical (unpaired) electrons. The molecule has 1 aliphatic heterocycles. The zero-order valence-corrected chi connectivity index (χ0v) is 19.0. The van der Waals surface area contributed by atoms with E-state index in [4.69, 9.17) is 4.42 Å². The van der Waals surface area contributed by atoms with Gasteiger partial charge in [-0.05, 0) is 54.3 Å². The third kappa shape index (κ3) is 5.95. The SMILES string of the molecule is CN=C(NCc1ccc(NC(=O)c2ccco2)cc1)N1CCC(CSc2ccccc2)C1. The van der Waals surface area contributed by atoms with Crippen LogP contribution in [0.2, 0.25) is 0 Å². The largest absolute Gasteiger partial charge is 0.459 e. The summed E-state index contributed by atoms with van der Waals surface area (Å²) in [4.78, 5) is 20.2. The summed E-state index contributed by atoms with van der Waals surface area (Å²) in [5.74, 6) is 2.77. The van der Waals surface area contributed by atoms with Crippen LogP contribution in [0, 0.1) is 5.92 Å². The second-order valence-corrected chi connectivity index (χ2v) is 8.85. The molecule has 32 heavy (non-hydrogen) atoms. The molecule has 2 heterocycles. The lowest BCUT2D eigenvalue weighted by molar-refractivity contribution is 0.0996. The highest BCUT2D eigenvalue weighted by atomic mass is 32.2. The highest BCUT2D eigenvalue weighted by Gasteiger charge is 2.24. The van der Waals surface area contributed by atoms with Crippen LogP contribution in [0.15, 0.2) is 87.3 Å². The number of benzene rings is 2. The zero-order valence-electron chi connectivity index (χ0n) is 18.2. The number of guanidine groups is 1. The molecular formula is C25H28N4O2S. The summed E-state index contributed by atoms with van der Waals surface area (Å²) >= 11 is 1.93. The van der Waals surface area contributed by atoms with Crippen molar-refractivity contribution in [1.82, 2.24) is 10.2 Å². The van der Waals surface area contributed by atoms with Crippen LogP contribution in [0.4, 0.5) is 5.69 Å². The molecule has 1 saturated heterocycles. The van der Waals surface area contributed by atoms with E-state index in [2.05, 4.69) is 50.9 Å². The van der Waals surface area contributed by atoms with Gasteiger partial charge in [0.25, 0.3) is 5.91 Å². The second kappa shape index (κ2) is 10.9. The number of rotatable bonds is 7. The van der Waals surface area contributed by atoms with Gasteiger partial charge in [0, 0.05) is 43.0 Å². The number of aliphatic imine (C=N–C) groups is 1. The van der Waals surface area contributed by atoms with Gasteiger partial charge in [0.15, 0.2) is 11.7 Å². The number of hydrogen-bond acceptors (Lipinski definition) is 4. The minimum atomic E-state index is -0.254. The van der Waals surface area contributed by atoms with Crippen molar-refractivity contribution in [2.24, 2.45) is 10.9 Å². The van der Waals surface area contributed by atoms with Crippen molar-refractivity contribution in [2.75, 3.05) is 31.2 Å². The molecule has 1 fully saturated rings. The summed E-state index contributed by atoms with van der Waals surface area (Å²) in [5.41, 5.74) is 1.86. The van der Waals surface area contributed by atoms with Crippen molar-refractivity contribution in [3.63, 3.8) is 0 Å². The molecule has 4 rings (SSSR count). The number of likely N-dealkylation sites (tertiary alicyclic amines) is 1. The summed E-state index contributed by atoms with van der Waals surface area (Å²) in [6.45, 7) is 2.73. The monoisotopic (exact) mass is 448 g/mol. The summed E-state index contributed by atoms with van der Waals surface area (Å²) < 4.78 is 5.12. The molecule has 7 heteroatoms. The highest BCUT2D eigenvalue weighted by Crippen LogP contribution is 2.26. The highest BCUT2D eigenvalue weighted by molar-refractivity contribution is 7.99. The van der Waals surface area contributed by atoms with E-state index in [1.807, 2.05) is 43.1 Å². The van der Waals surface area contributed by atoms with E-state index < -0.39 is 0 Å². The molecule has 166 valence electrons. The molecule has 1 amide bonds. The number of carbonyl (C=O) groups is 1. The molecule has 0 bridgehead atoms. The molecule has 3 aromatic rings. The third-order valence-corrected chi connectivity index (χ3v) is 6.68. The fraction of sp³-hybridized carbons (Fsp3) is 0.280. The Morgan fingerprint density at radius 1 is 1.12 bits per heavy atom. The average molecular weight is 449 g/mol. The lowest BCUT2D eigenvalue weighted by Gasteiger charge is -2.22. The maximum atomic E-state index is 12.1. The van der Waals surface area contributed by atoms with Gasteiger partial charge in [0.05, 0.1) is 6.26 Å². The Kier molecular flexibility index (Phi) is 7.51. The Labute approximate surface area is 193 Å². The Morgan fingerprint density at radius 3 is 2.66 bits per heavy atom. The molecule has 1 aromatic heterocycles. The fourth-order valence-electron chi connectivity index (χ4n) is 3.71. The van der Waals surface area contributed by atoms with Crippen molar-refractivity contribution in [1.29, 1.82) is 0 Å². The van der Waals surface area contributed by atoms with E-state index in [9.17, 15) is 4.79 Å². The van der Waals surface area contributed by atoms with Crippen molar-refractivity contribution < 1.29 is 9.21 Å². The van der Waals surface area contributed by atoms with E-state index in [-0.39, 0.29) is 5.91 Å². The maximum absolute atomic E-state index is 12.1. The number of anilines is 1. The molecule has 2 N–H and O–H groups in total. The number of furan rings is 1. The first-order valence-electron chi connectivity index (χ1n) is 10.8. The minimum absolute atomic E-state index is 0.254. The molecule has 0 aliphatic carbocycles. The van der Waals surface area contributed by atoms with Gasteiger partial charge in [-0.3, -0.25) is 9.79 Å². The van der Waals surface area contributed by atoms with E-state index in [1.165, 1.54) is 17.6 Å². The van der Waals surface area contributed by atoms with Gasteiger partial charge in [0.2, 0.25) is 0 Å². The molecule has 1 aliphatic rings. The number of nitrogens with one attached hydrogen (secondary N) is 2. The van der Waals surface area contributed by atoms with E-state index in [0.29, 0.717) is 18.2 Å². The number of amides is 1. The normalized spacial score (nSPS) is 16.2. The number of thioether (sulfide) groups is 1. The smallest absolute Gasteiger partial charge is 0.291 e.